The molecule has 0 saturated carbocycles. The lowest BCUT2D eigenvalue weighted by Gasteiger charge is -2.07. The van der Waals surface area contributed by atoms with Crippen LogP contribution in [0.2, 0.25) is 5.02 Å². The van der Waals surface area contributed by atoms with E-state index < -0.39 is 5.82 Å². The van der Waals surface area contributed by atoms with Crippen molar-refractivity contribution in [2.24, 2.45) is 0 Å². The number of halogens is 2. The molecule has 0 spiro atoms. The van der Waals surface area contributed by atoms with Crippen LogP contribution >= 0.6 is 11.6 Å². The highest BCUT2D eigenvalue weighted by Gasteiger charge is 2.10. The van der Waals surface area contributed by atoms with Crippen LogP contribution in [0.15, 0.2) is 72.8 Å². The normalized spacial score (nSPS) is 10.4. The van der Waals surface area contributed by atoms with Crippen LogP contribution in [0.4, 0.5) is 4.39 Å². The average molecular weight is 369 g/mol. The number of hydrogen-bond donors (Lipinski definition) is 0. The minimum absolute atomic E-state index is 0.133. The monoisotopic (exact) mass is 368 g/mol. The van der Waals surface area contributed by atoms with Crippen LogP contribution in [-0.4, -0.2) is 18.2 Å². The van der Waals surface area contributed by atoms with Gasteiger partial charge in [-0.3, -0.25) is 9.59 Å². The Labute approximate surface area is 155 Å². The largest absolute Gasteiger partial charge is 0.485 e. The molecule has 130 valence electrons. The molecular weight excluding hydrogens is 355 g/mol. The summed E-state index contributed by atoms with van der Waals surface area (Å²) in [6, 6.07) is 18.4. The maximum atomic E-state index is 12.9. The lowest BCUT2D eigenvalue weighted by atomic mass is 10.0. The molecule has 0 aromatic heterocycles. The van der Waals surface area contributed by atoms with E-state index in [2.05, 4.69) is 0 Å². The van der Waals surface area contributed by atoms with E-state index in [-0.39, 0.29) is 18.2 Å². The van der Waals surface area contributed by atoms with Crippen molar-refractivity contribution >= 4 is 23.2 Å². The van der Waals surface area contributed by atoms with Gasteiger partial charge in [-0.1, -0.05) is 23.7 Å². The standard InChI is InChI=1S/C21H14ClFO3/c22-17-3-1-2-16(12-17)20(24)13-26-19-10-6-15(7-11-19)21(25)14-4-8-18(23)9-5-14/h1-12H,13H2. The number of ketones is 2. The Morgan fingerprint density at radius 3 is 2.08 bits per heavy atom. The Balaban J connectivity index is 1.63. The molecule has 5 heteroatoms. The molecule has 3 aromatic rings. The van der Waals surface area contributed by atoms with Crippen LogP contribution in [0.3, 0.4) is 0 Å². The Morgan fingerprint density at radius 2 is 1.46 bits per heavy atom. The summed E-state index contributed by atoms with van der Waals surface area (Å²) in [7, 11) is 0. The van der Waals surface area contributed by atoms with E-state index >= 15 is 0 Å². The van der Waals surface area contributed by atoms with E-state index in [0.717, 1.165) is 0 Å². The number of hydrogen-bond acceptors (Lipinski definition) is 3. The summed E-state index contributed by atoms with van der Waals surface area (Å²) < 4.78 is 18.4. The first-order chi connectivity index (χ1) is 12.5. The highest BCUT2D eigenvalue weighted by Crippen LogP contribution is 2.17. The predicted molar refractivity (Wildman–Crippen MR) is 97.6 cm³/mol. The van der Waals surface area contributed by atoms with Gasteiger partial charge >= 0.3 is 0 Å². The topological polar surface area (TPSA) is 43.4 Å². The number of Topliss-reactive ketones (excluding diaryl/α,β-unsaturated/α-hetero) is 1. The molecule has 0 aliphatic carbocycles. The third-order valence-corrected chi connectivity index (χ3v) is 3.97. The van der Waals surface area contributed by atoms with Gasteiger partial charge in [0.1, 0.15) is 11.6 Å². The summed E-state index contributed by atoms with van der Waals surface area (Å²) >= 11 is 5.87. The van der Waals surface area contributed by atoms with Crippen molar-refractivity contribution in [2.75, 3.05) is 6.61 Å². The first-order valence-electron chi connectivity index (χ1n) is 7.85. The van der Waals surface area contributed by atoms with Gasteiger partial charge in [-0.2, -0.15) is 0 Å². The maximum Gasteiger partial charge on any atom is 0.200 e. The molecule has 0 radical (unpaired) electrons. The van der Waals surface area contributed by atoms with E-state index in [1.54, 1.807) is 48.5 Å². The number of rotatable bonds is 6. The maximum absolute atomic E-state index is 12.9. The number of carbonyl (C=O) groups excluding carboxylic acids is 2. The zero-order valence-electron chi connectivity index (χ0n) is 13.6. The number of benzene rings is 3. The fraction of sp³-hybridized carbons (Fsp3) is 0.0476. The van der Waals surface area contributed by atoms with E-state index in [9.17, 15) is 14.0 Å². The van der Waals surface area contributed by atoms with Crippen molar-refractivity contribution in [2.45, 2.75) is 0 Å². The summed E-state index contributed by atoms with van der Waals surface area (Å²) in [5, 5.41) is 0.486. The summed E-state index contributed by atoms with van der Waals surface area (Å²) in [6.45, 7) is -0.133. The SMILES string of the molecule is O=C(COc1ccc(C(=O)c2ccc(F)cc2)cc1)c1cccc(Cl)c1. The number of carbonyl (C=O) groups is 2. The molecule has 0 aliphatic rings. The quantitative estimate of drug-likeness (QED) is 0.577. The van der Waals surface area contributed by atoms with Gasteiger partial charge in [-0.15, -0.1) is 0 Å². The van der Waals surface area contributed by atoms with Gasteiger partial charge in [0.05, 0.1) is 0 Å². The molecule has 0 saturated heterocycles. The lowest BCUT2D eigenvalue weighted by Crippen LogP contribution is -2.11. The molecule has 0 aliphatic heterocycles. The van der Waals surface area contributed by atoms with Crippen molar-refractivity contribution in [3.8, 4) is 5.75 Å². The summed E-state index contributed by atoms with van der Waals surface area (Å²) in [5.41, 5.74) is 1.32. The molecule has 0 bridgehead atoms. The highest BCUT2D eigenvalue weighted by atomic mass is 35.5. The van der Waals surface area contributed by atoms with Crippen molar-refractivity contribution in [3.05, 3.63) is 100 Å². The first-order valence-corrected chi connectivity index (χ1v) is 8.22. The molecule has 3 rings (SSSR count). The molecule has 3 nitrogen and oxygen atoms in total. The summed E-state index contributed by atoms with van der Waals surface area (Å²) in [6.07, 6.45) is 0. The molecule has 0 heterocycles. The molecule has 0 atom stereocenters. The smallest absolute Gasteiger partial charge is 0.200 e. The summed E-state index contributed by atoms with van der Waals surface area (Å²) in [5.74, 6) is -0.337. The molecular formula is C21H14ClFO3. The lowest BCUT2D eigenvalue weighted by molar-refractivity contribution is 0.0920. The van der Waals surface area contributed by atoms with Crippen molar-refractivity contribution in [3.63, 3.8) is 0 Å². The van der Waals surface area contributed by atoms with Gasteiger partial charge in [0.25, 0.3) is 0 Å². The second-order valence-electron chi connectivity index (χ2n) is 5.58. The van der Waals surface area contributed by atoms with Crippen LogP contribution < -0.4 is 4.74 Å². The third kappa shape index (κ3) is 4.35. The van der Waals surface area contributed by atoms with Gasteiger partial charge in [0.2, 0.25) is 0 Å². The Bertz CT molecular complexity index is 934. The van der Waals surface area contributed by atoms with E-state index in [1.165, 1.54) is 24.3 Å². The highest BCUT2D eigenvalue weighted by molar-refractivity contribution is 6.31. The van der Waals surface area contributed by atoms with Gasteiger partial charge in [-0.05, 0) is 60.7 Å². The van der Waals surface area contributed by atoms with Crippen LogP contribution in [0, 0.1) is 5.82 Å². The Hall–Kier alpha value is -2.98. The molecule has 26 heavy (non-hydrogen) atoms. The average Bonchev–Trinajstić information content (AvgIpc) is 2.66. The summed E-state index contributed by atoms with van der Waals surface area (Å²) in [4.78, 5) is 24.4. The molecule has 0 amide bonds. The molecule has 0 fully saturated rings. The molecule has 0 N–H and O–H groups in total. The van der Waals surface area contributed by atoms with Crippen LogP contribution in [-0.2, 0) is 0 Å². The van der Waals surface area contributed by atoms with Crippen molar-refractivity contribution in [1.82, 2.24) is 0 Å². The fourth-order valence-electron chi connectivity index (χ4n) is 2.36. The Morgan fingerprint density at radius 1 is 0.846 bits per heavy atom. The second kappa shape index (κ2) is 7.93. The van der Waals surface area contributed by atoms with Gasteiger partial charge < -0.3 is 4.74 Å². The van der Waals surface area contributed by atoms with E-state index in [4.69, 9.17) is 16.3 Å². The fourth-order valence-corrected chi connectivity index (χ4v) is 2.55. The minimum atomic E-state index is -0.394. The van der Waals surface area contributed by atoms with Gasteiger partial charge in [0, 0.05) is 21.7 Å². The molecule has 0 unspecified atom stereocenters. The second-order valence-corrected chi connectivity index (χ2v) is 6.02. The van der Waals surface area contributed by atoms with Gasteiger partial charge in [-0.25, -0.2) is 4.39 Å². The van der Waals surface area contributed by atoms with Crippen molar-refractivity contribution < 1.29 is 18.7 Å². The van der Waals surface area contributed by atoms with Gasteiger partial charge in [0.15, 0.2) is 18.2 Å². The van der Waals surface area contributed by atoms with Crippen LogP contribution in [0.1, 0.15) is 26.3 Å². The van der Waals surface area contributed by atoms with Crippen LogP contribution in [0.5, 0.6) is 5.75 Å². The van der Waals surface area contributed by atoms with E-state index in [1.807, 2.05) is 0 Å². The zero-order valence-corrected chi connectivity index (χ0v) is 14.4. The predicted octanol–water partition coefficient (Wildman–Crippen LogP) is 4.97. The molecule has 3 aromatic carbocycles. The minimum Gasteiger partial charge on any atom is -0.485 e. The Kier molecular flexibility index (Phi) is 5.44. The third-order valence-electron chi connectivity index (χ3n) is 3.74. The van der Waals surface area contributed by atoms with E-state index in [0.29, 0.717) is 27.5 Å². The van der Waals surface area contributed by atoms with Crippen LogP contribution in [0.25, 0.3) is 0 Å². The number of ether oxygens (including phenoxy) is 1. The zero-order chi connectivity index (χ0) is 18.5. The van der Waals surface area contributed by atoms with Crippen molar-refractivity contribution in [1.29, 1.82) is 0 Å². The first kappa shape index (κ1) is 17.8.